The van der Waals surface area contributed by atoms with E-state index in [9.17, 15) is 4.79 Å². The second-order valence-corrected chi connectivity index (χ2v) is 7.35. The van der Waals surface area contributed by atoms with Gasteiger partial charge in [0.15, 0.2) is 0 Å². The molecule has 1 aliphatic rings. The fourth-order valence-corrected chi connectivity index (χ4v) is 3.52. The number of nitrogens with one attached hydrogen (secondary N) is 2. The molecular formula is C23H26N4O3. The lowest BCUT2D eigenvalue weighted by Crippen LogP contribution is -2.41. The molecule has 30 heavy (non-hydrogen) atoms. The first kappa shape index (κ1) is 20.1. The standard InChI is InChI=1S/C23H26N4O3/c1-16-13-22(24-17-3-6-19(29-2)7-4-17)26-21-8-5-18(14-20(16)21)25-23(28)15-27-9-11-30-12-10-27/h3-8,13-14H,9-12,15H2,1-2H3,(H,24,26)(H,25,28). The normalized spacial score (nSPS) is 14.5. The number of nitrogens with zero attached hydrogens (tertiary/aromatic N) is 2. The molecule has 1 saturated heterocycles. The molecule has 1 fully saturated rings. The summed E-state index contributed by atoms with van der Waals surface area (Å²) in [6.07, 6.45) is 0. The second-order valence-electron chi connectivity index (χ2n) is 7.35. The van der Waals surface area contributed by atoms with Crippen LogP contribution < -0.4 is 15.4 Å². The lowest BCUT2D eigenvalue weighted by atomic mass is 10.1. The molecule has 0 atom stereocenters. The molecule has 0 radical (unpaired) electrons. The van der Waals surface area contributed by atoms with E-state index in [0.29, 0.717) is 19.8 Å². The average Bonchev–Trinajstić information content (AvgIpc) is 2.75. The third kappa shape index (κ3) is 4.87. The van der Waals surface area contributed by atoms with Crippen molar-refractivity contribution in [3.8, 4) is 5.75 Å². The van der Waals surface area contributed by atoms with Crippen molar-refractivity contribution in [1.29, 1.82) is 0 Å². The van der Waals surface area contributed by atoms with E-state index in [0.717, 1.165) is 52.5 Å². The number of pyridine rings is 1. The molecular weight excluding hydrogens is 380 g/mol. The number of carbonyl (C=O) groups excluding carboxylic acids is 1. The number of rotatable bonds is 6. The molecule has 3 aromatic rings. The van der Waals surface area contributed by atoms with Crippen LogP contribution in [0, 0.1) is 6.92 Å². The number of aryl methyl sites for hydroxylation is 1. The average molecular weight is 406 g/mol. The maximum absolute atomic E-state index is 12.4. The lowest BCUT2D eigenvalue weighted by molar-refractivity contribution is -0.118. The van der Waals surface area contributed by atoms with Crippen LogP contribution in [-0.4, -0.2) is 55.7 Å². The van der Waals surface area contributed by atoms with Crippen LogP contribution in [0.2, 0.25) is 0 Å². The number of hydrogen-bond donors (Lipinski definition) is 2. The van der Waals surface area contributed by atoms with E-state index in [1.807, 2.05) is 55.5 Å². The molecule has 4 rings (SSSR count). The number of morpholine rings is 1. The number of amides is 1. The van der Waals surface area contributed by atoms with Crippen molar-refractivity contribution >= 4 is 34.0 Å². The Labute approximate surface area is 176 Å². The Bertz CT molecular complexity index is 1030. The Morgan fingerprint density at radius 2 is 1.83 bits per heavy atom. The van der Waals surface area contributed by atoms with Crippen LogP contribution in [0.3, 0.4) is 0 Å². The van der Waals surface area contributed by atoms with E-state index in [1.165, 1.54) is 0 Å². The monoisotopic (exact) mass is 406 g/mol. The summed E-state index contributed by atoms with van der Waals surface area (Å²) in [5.41, 5.74) is 3.67. The lowest BCUT2D eigenvalue weighted by Gasteiger charge is -2.25. The number of anilines is 3. The minimum atomic E-state index is -0.0142. The van der Waals surface area contributed by atoms with Gasteiger partial charge in [-0.05, 0) is 61.0 Å². The quantitative estimate of drug-likeness (QED) is 0.652. The van der Waals surface area contributed by atoms with E-state index in [2.05, 4.69) is 15.5 Å². The topological polar surface area (TPSA) is 75.7 Å². The van der Waals surface area contributed by atoms with Gasteiger partial charge >= 0.3 is 0 Å². The fraction of sp³-hybridized carbons (Fsp3) is 0.304. The van der Waals surface area contributed by atoms with Crippen LogP contribution in [0.4, 0.5) is 17.2 Å². The van der Waals surface area contributed by atoms with E-state index in [-0.39, 0.29) is 5.91 Å². The molecule has 0 aliphatic carbocycles. The molecule has 1 aliphatic heterocycles. The zero-order chi connectivity index (χ0) is 20.9. The molecule has 0 spiro atoms. The van der Waals surface area contributed by atoms with Gasteiger partial charge in [-0.15, -0.1) is 0 Å². The minimum absolute atomic E-state index is 0.0142. The third-order valence-corrected chi connectivity index (χ3v) is 5.13. The van der Waals surface area contributed by atoms with Crippen molar-refractivity contribution < 1.29 is 14.3 Å². The molecule has 7 nitrogen and oxygen atoms in total. The summed E-state index contributed by atoms with van der Waals surface area (Å²) in [5.74, 6) is 1.57. The van der Waals surface area contributed by atoms with Gasteiger partial charge in [-0.1, -0.05) is 0 Å². The number of fused-ring (bicyclic) bond motifs is 1. The van der Waals surface area contributed by atoms with Gasteiger partial charge in [-0.3, -0.25) is 9.69 Å². The number of carbonyl (C=O) groups is 1. The number of hydrogen-bond acceptors (Lipinski definition) is 6. The summed E-state index contributed by atoms with van der Waals surface area (Å²) in [4.78, 5) is 19.2. The van der Waals surface area contributed by atoms with Gasteiger partial charge in [0.25, 0.3) is 0 Å². The summed E-state index contributed by atoms with van der Waals surface area (Å²) in [6, 6.07) is 15.5. The molecule has 0 unspecified atom stereocenters. The number of benzene rings is 2. The minimum Gasteiger partial charge on any atom is -0.497 e. The van der Waals surface area contributed by atoms with Crippen LogP contribution in [0.1, 0.15) is 5.56 Å². The van der Waals surface area contributed by atoms with Crippen molar-refractivity contribution in [2.24, 2.45) is 0 Å². The van der Waals surface area contributed by atoms with Gasteiger partial charge in [0, 0.05) is 29.9 Å². The first-order chi connectivity index (χ1) is 14.6. The molecule has 2 heterocycles. The Morgan fingerprint density at radius 1 is 1.10 bits per heavy atom. The van der Waals surface area contributed by atoms with Crippen molar-refractivity contribution in [1.82, 2.24) is 9.88 Å². The van der Waals surface area contributed by atoms with Gasteiger partial charge in [-0.25, -0.2) is 4.98 Å². The van der Waals surface area contributed by atoms with Crippen molar-refractivity contribution in [2.75, 3.05) is 50.6 Å². The second kappa shape index (κ2) is 9.11. The maximum Gasteiger partial charge on any atom is 0.238 e. The van der Waals surface area contributed by atoms with Crippen molar-refractivity contribution in [3.63, 3.8) is 0 Å². The van der Waals surface area contributed by atoms with Crippen LogP contribution in [0.15, 0.2) is 48.5 Å². The number of ether oxygens (including phenoxy) is 2. The van der Waals surface area contributed by atoms with Gasteiger partial charge in [0.2, 0.25) is 5.91 Å². The molecule has 7 heteroatoms. The molecule has 0 bridgehead atoms. The molecule has 2 aromatic carbocycles. The van der Waals surface area contributed by atoms with Crippen LogP contribution in [0.25, 0.3) is 10.9 Å². The molecule has 2 N–H and O–H groups in total. The zero-order valence-electron chi connectivity index (χ0n) is 17.3. The predicted molar refractivity (Wildman–Crippen MR) is 119 cm³/mol. The van der Waals surface area contributed by atoms with E-state index in [4.69, 9.17) is 14.5 Å². The van der Waals surface area contributed by atoms with Crippen LogP contribution in [0.5, 0.6) is 5.75 Å². The molecule has 1 amide bonds. The summed E-state index contributed by atoms with van der Waals surface area (Å²) in [6.45, 7) is 5.37. The van der Waals surface area contributed by atoms with Gasteiger partial charge in [0.1, 0.15) is 11.6 Å². The highest BCUT2D eigenvalue weighted by Gasteiger charge is 2.14. The molecule has 0 saturated carbocycles. The van der Waals surface area contributed by atoms with E-state index < -0.39 is 0 Å². The number of aromatic nitrogens is 1. The van der Waals surface area contributed by atoms with Crippen molar-refractivity contribution in [2.45, 2.75) is 6.92 Å². The van der Waals surface area contributed by atoms with Crippen molar-refractivity contribution in [3.05, 3.63) is 54.1 Å². The fourth-order valence-electron chi connectivity index (χ4n) is 3.52. The van der Waals surface area contributed by atoms with E-state index in [1.54, 1.807) is 7.11 Å². The largest absolute Gasteiger partial charge is 0.497 e. The summed E-state index contributed by atoms with van der Waals surface area (Å²) in [7, 11) is 1.65. The third-order valence-electron chi connectivity index (χ3n) is 5.13. The Morgan fingerprint density at radius 3 is 2.57 bits per heavy atom. The highest BCUT2D eigenvalue weighted by atomic mass is 16.5. The number of methoxy groups -OCH3 is 1. The molecule has 1 aromatic heterocycles. The highest BCUT2D eigenvalue weighted by Crippen LogP contribution is 2.26. The molecule has 156 valence electrons. The van der Waals surface area contributed by atoms with E-state index >= 15 is 0 Å². The smallest absolute Gasteiger partial charge is 0.238 e. The van der Waals surface area contributed by atoms with Crippen LogP contribution >= 0.6 is 0 Å². The maximum atomic E-state index is 12.4. The SMILES string of the molecule is COc1ccc(Nc2cc(C)c3cc(NC(=O)CN4CCOCC4)ccc3n2)cc1. The predicted octanol–water partition coefficient (Wildman–Crippen LogP) is 3.57. The van der Waals surface area contributed by atoms with Gasteiger partial charge < -0.3 is 20.1 Å². The Kier molecular flexibility index (Phi) is 6.11. The van der Waals surface area contributed by atoms with Gasteiger partial charge in [-0.2, -0.15) is 0 Å². The first-order valence-corrected chi connectivity index (χ1v) is 10.0. The zero-order valence-corrected chi connectivity index (χ0v) is 17.3. The Balaban J connectivity index is 1.46. The van der Waals surface area contributed by atoms with Crippen LogP contribution in [-0.2, 0) is 9.53 Å². The first-order valence-electron chi connectivity index (χ1n) is 10.0. The Hall–Kier alpha value is -3.16. The summed E-state index contributed by atoms with van der Waals surface area (Å²) in [5, 5.41) is 7.34. The highest BCUT2D eigenvalue weighted by molar-refractivity contribution is 5.95. The van der Waals surface area contributed by atoms with Gasteiger partial charge in [0.05, 0.1) is 32.4 Å². The summed E-state index contributed by atoms with van der Waals surface area (Å²) < 4.78 is 10.5. The summed E-state index contributed by atoms with van der Waals surface area (Å²) >= 11 is 0.